The normalized spacial score (nSPS) is 11.0. The molecule has 1 aromatic carbocycles. The Kier molecular flexibility index (Phi) is 4.76. The molecule has 0 aromatic heterocycles. The quantitative estimate of drug-likeness (QED) is 0.816. The highest BCUT2D eigenvalue weighted by Crippen LogP contribution is 2.28. The maximum absolute atomic E-state index is 11.0. The van der Waals surface area contributed by atoms with Gasteiger partial charge in [0.25, 0.3) is 0 Å². The Bertz CT molecular complexity index is 460. The van der Waals surface area contributed by atoms with Crippen LogP contribution in [0.3, 0.4) is 0 Å². The van der Waals surface area contributed by atoms with E-state index in [-0.39, 0.29) is 11.4 Å². The van der Waals surface area contributed by atoms with Crippen molar-refractivity contribution in [1.82, 2.24) is 0 Å². The second kappa shape index (κ2) is 5.91. The van der Waals surface area contributed by atoms with Crippen LogP contribution < -0.4 is 10.2 Å². The number of carbonyl (C=O) groups is 1. The number of hydrogen-bond acceptors (Lipinski definition) is 2. The lowest BCUT2D eigenvalue weighted by atomic mass is 9.94. The molecule has 104 valence electrons. The van der Waals surface area contributed by atoms with Crippen LogP contribution in [0, 0.1) is 0 Å². The third-order valence-corrected chi connectivity index (χ3v) is 3.22. The van der Waals surface area contributed by atoms with Crippen molar-refractivity contribution in [2.24, 2.45) is 0 Å². The summed E-state index contributed by atoms with van der Waals surface area (Å²) in [5.41, 5.74) is 3.14. The van der Waals surface area contributed by atoms with Crippen LogP contribution in [0.4, 0.5) is 11.4 Å². The third kappa shape index (κ3) is 4.43. The molecule has 0 bridgehead atoms. The summed E-state index contributed by atoms with van der Waals surface area (Å²) >= 11 is 0. The molecule has 0 aliphatic carbocycles. The van der Waals surface area contributed by atoms with Crippen molar-refractivity contribution in [2.45, 2.75) is 39.7 Å². The average molecular weight is 260 g/mol. The maximum atomic E-state index is 11.0. The molecule has 3 nitrogen and oxygen atoms in total. The SMILES string of the molecule is C=C(C)CC(C)(C)N(C)c1ccc(NC(C)=O)cc1. The van der Waals surface area contributed by atoms with Crippen LogP contribution in [0.2, 0.25) is 0 Å². The Morgan fingerprint density at radius 2 is 1.79 bits per heavy atom. The van der Waals surface area contributed by atoms with Gasteiger partial charge >= 0.3 is 0 Å². The summed E-state index contributed by atoms with van der Waals surface area (Å²) in [6, 6.07) is 7.88. The molecule has 1 rings (SSSR count). The van der Waals surface area contributed by atoms with Crippen LogP contribution in [0.1, 0.15) is 34.1 Å². The van der Waals surface area contributed by atoms with E-state index in [0.717, 1.165) is 17.8 Å². The number of amides is 1. The Labute approximate surface area is 116 Å². The van der Waals surface area contributed by atoms with Gasteiger partial charge in [0.05, 0.1) is 0 Å². The first-order valence-corrected chi connectivity index (χ1v) is 6.48. The predicted octanol–water partition coefficient (Wildman–Crippen LogP) is 3.83. The second-order valence-electron chi connectivity index (χ2n) is 5.73. The van der Waals surface area contributed by atoms with Crippen molar-refractivity contribution >= 4 is 17.3 Å². The summed E-state index contributed by atoms with van der Waals surface area (Å²) in [6.07, 6.45) is 0.941. The number of anilines is 2. The highest BCUT2D eigenvalue weighted by molar-refractivity contribution is 5.88. The standard InChI is InChI=1S/C16H24N2O/c1-12(2)11-16(4,5)18(6)15-9-7-14(8-10-15)17-13(3)19/h7-10H,1,11H2,2-6H3,(H,17,19). The molecule has 0 radical (unpaired) electrons. The van der Waals surface area contributed by atoms with E-state index in [2.05, 4.69) is 44.6 Å². The fourth-order valence-corrected chi connectivity index (χ4v) is 2.18. The predicted molar refractivity (Wildman–Crippen MR) is 82.7 cm³/mol. The average Bonchev–Trinajstić information content (AvgIpc) is 2.26. The summed E-state index contributed by atoms with van der Waals surface area (Å²) in [5, 5.41) is 2.77. The number of nitrogens with zero attached hydrogens (tertiary/aromatic N) is 1. The van der Waals surface area contributed by atoms with Crippen molar-refractivity contribution < 1.29 is 4.79 Å². The minimum absolute atomic E-state index is 0.0152. The van der Waals surface area contributed by atoms with Gasteiger partial charge in [0.15, 0.2) is 0 Å². The van der Waals surface area contributed by atoms with E-state index in [0.29, 0.717) is 0 Å². The zero-order valence-electron chi connectivity index (χ0n) is 12.6. The molecule has 0 unspecified atom stereocenters. The monoisotopic (exact) mass is 260 g/mol. The molecule has 0 spiro atoms. The number of benzene rings is 1. The maximum Gasteiger partial charge on any atom is 0.221 e. The van der Waals surface area contributed by atoms with Gasteiger partial charge in [-0.15, -0.1) is 6.58 Å². The molecule has 19 heavy (non-hydrogen) atoms. The summed E-state index contributed by atoms with van der Waals surface area (Å²) in [5.74, 6) is -0.0521. The highest BCUT2D eigenvalue weighted by atomic mass is 16.1. The molecule has 0 saturated carbocycles. The topological polar surface area (TPSA) is 32.3 Å². The molecule has 0 saturated heterocycles. The van der Waals surface area contributed by atoms with E-state index in [9.17, 15) is 4.79 Å². The first-order valence-electron chi connectivity index (χ1n) is 6.48. The first-order chi connectivity index (χ1) is 8.72. The highest BCUT2D eigenvalue weighted by Gasteiger charge is 2.23. The minimum atomic E-state index is -0.0521. The summed E-state index contributed by atoms with van der Waals surface area (Å²) < 4.78 is 0. The van der Waals surface area contributed by atoms with Crippen LogP contribution in [0.5, 0.6) is 0 Å². The molecule has 0 heterocycles. The Balaban J connectivity index is 2.85. The lowest BCUT2D eigenvalue weighted by Crippen LogP contribution is -2.41. The molecule has 3 heteroatoms. The molecule has 0 aliphatic rings. The van der Waals surface area contributed by atoms with Gasteiger partial charge < -0.3 is 10.2 Å². The molecular weight excluding hydrogens is 236 g/mol. The third-order valence-electron chi connectivity index (χ3n) is 3.22. The number of carbonyl (C=O) groups excluding carboxylic acids is 1. The van der Waals surface area contributed by atoms with Gasteiger partial charge in [0, 0.05) is 30.9 Å². The van der Waals surface area contributed by atoms with Crippen molar-refractivity contribution in [3.05, 3.63) is 36.4 Å². The van der Waals surface area contributed by atoms with Gasteiger partial charge in [-0.05, 0) is 51.5 Å². The van der Waals surface area contributed by atoms with Crippen molar-refractivity contribution in [3.8, 4) is 0 Å². The largest absolute Gasteiger partial charge is 0.369 e. The van der Waals surface area contributed by atoms with E-state index in [1.165, 1.54) is 12.5 Å². The van der Waals surface area contributed by atoms with E-state index in [4.69, 9.17) is 0 Å². The number of hydrogen-bond donors (Lipinski definition) is 1. The van der Waals surface area contributed by atoms with Crippen LogP contribution in [-0.4, -0.2) is 18.5 Å². The Morgan fingerprint density at radius 1 is 1.26 bits per heavy atom. The number of nitrogens with one attached hydrogen (secondary N) is 1. The summed E-state index contributed by atoms with van der Waals surface area (Å²) in [6.45, 7) is 11.9. The molecule has 1 N–H and O–H groups in total. The zero-order chi connectivity index (χ0) is 14.6. The van der Waals surface area contributed by atoms with Crippen LogP contribution >= 0.6 is 0 Å². The van der Waals surface area contributed by atoms with Crippen molar-refractivity contribution in [2.75, 3.05) is 17.3 Å². The fourth-order valence-electron chi connectivity index (χ4n) is 2.18. The lowest BCUT2D eigenvalue weighted by Gasteiger charge is -2.38. The molecular formula is C16H24N2O. The zero-order valence-corrected chi connectivity index (χ0v) is 12.6. The smallest absolute Gasteiger partial charge is 0.221 e. The van der Waals surface area contributed by atoms with Gasteiger partial charge in [0.1, 0.15) is 0 Å². The van der Waals surface area contributed by atoms with Crippen LogP contribution in [0.15, 0.2) is 36.4 Å². The van der Waals surface area contributed by atoms with Crippen LogP contribution in [-0.2, 0) is 4.79 Å². The Morgan fingerprint density at radius 3 is 2.21 bits per heavy atom. The fraction of sp³-hybridized carbons (Fsp3) is 0.438. The molecule has 0 fully saturated rings. The van der Waals surface area contributed by atoms with Gasteiger partial charge in [0.2, 0.25) is 5.91 Å². The Hall–Kier alpha value is -1.77. The van der Waals surface area contributed by atoms with Gasteiger partial charge in [-0.25, -0.2) is 0 Å². The van der Waals surface area contributed by atoms with Gasteiger partial charge in [-0.1, -0.05) is 5.57 Å². The van der Waals surface area contributed by atoms with Crippen molar-refractivity contribution in [1.29, 1.82) is 0 Å². The molecule has 1 aromatic rings. The second-order valence-corrected chi connectivity index (χ2v) is 5.73. The van der Waals surface area contributed by atoms with E-state index >= 15 is 0 Å². The summed E-state index contributed by atoms with van der Waals surface area (Å²) in [4.78, 5) is 13.2. The van der Waals surface area contributed by atoms with Gasteiger partial charge in [-0.3, -0.25) is 4.79 Å². The summed E-state index contributed by atoms with van der Waals surface area (Å²) in [7, 11) is 2.08. The van der Waals surface area contributed by atoms with Crippen molar-refractivity contribution in [3.63, 3.8) is 0 Å². The molecule has 0 atom stereocenters. The first kappa shape index (κ1) is 15.3. The molecule has 1 amide bonds. The van der Waals surface area contributed by atoms with E-state index < -0.39 is 0 Å². The van der Waals surface area contributed by atoms with Gasteiger partial charge in [-0.2, -0.15) is 0 Å². The van der Waals surface area contributed by atoms with Crippen LogP contribution in [0.25, 0.3) is 0 Å². The van der Waals surface area contributed by atoms with E-state index in [1.54, 1.807) is 0 Å². The molecule has 0 aliphatic heterocycles. The number of rotatable bonds is 5. The lowest BCUT2D eigenvalue weighted by molar-refractivity contribution is -0.114. The van der Waals surface area contributed by atoms with E-state index in [1.807, 2.05) is 24.3 Å². The minimum Gasteiger partial charge on any atom is -0.369 e.